The Morgan fingerprint density at radius 3 is 2.61 bits per heavy atom. The van der Waals surface area contributed by atoms with Crippen molar-refractivity contribution in [3.05, 3.63) is 27.9 Å². The molecule has 0 aliphatic rings. The molecular formula is C14H25N3O. The van der Waals surface area contributed by atoms with Crippen LogP contribution in [0.3, 0.4) is 0 Å². The Morgan fingerprint density at radius 2 is 2.06 bits per heavy atom. The van der Waals surface area contributed by atoms with Gasteiger partial charge in [0.05, 0.1) is 5.69 Å². The third kappa shape index (κ3) is 5.96. The van der Waals surface area contributed by atoms with E-state index in [1.54, 1.807) is 6.07 Å². The number of nitrogens with zero attached hydrogens (tertiary/aromatic N) is 1. The van der Waals surface area contributed by atoms with E-state index < -0.39 is 0 Å². The monoisotopic (exact) mass is 251 g/mol. The molecule has 0 fully saturated rings. The first-order valence-electron chi connectivity index (χ1n) is 6.60. The molecule has 1 heterocycles. The molecule has 4 nitrogen and oxygen atoms in total. The normalized spacial score (nSPS) is 12.1. The van der Waals surface area contributed by atoms with Crippen LogP contribution in [-0.4, -0.2) is 15.5 Å². The van der Waals surface area contributed by atoms with Crippen LogP contribution in [0, 0.1) is 5.92 Å². The minimum atomic E-state index is -0.0607. The molecule has 0 unspecified atom stereocenters. The predicted molar refractivity (Wildman–Crippen MR) is 74.6 cm³/mol. The average molecular weight is 251 g/mol. The van der Waals surface area contributed by atoms with E-state index in [1.807, 2.05) is 0 Å². The van der Waals surface area contributed by atoms with Crippen molar-refractivity contribution in [3.63, 3.8) is 0 Å². The molecule has 0 aromatic carbocycles. The molecule has 0 amide bonds. The van der Waals surface area contributed by atoms with Gasteiger partial charge in [-0.15, -0.1) is 0 Å². The van der Waals surface area contributed by atoms with Crippen molar-refractivity contribution in [2.45, 2.75) is 59.5 Å². The lowest BCUT2D eigenvalue weighted by Crippen LogP contribution is -2.35. The minimum absolute atomic E-state index is 0.0301. The second-order valence-electron chi connectivity index (χ2n) is 6.22. The van der Waals surface area contributed by atoms with Crippen molar-refractivity contribution in [3.8, 4) is 0 Å². The topological polar surface area (TPSA) is 57.8 Å². The summed E-state index contributed by atoms with van der Waals surface area (Å²) in [6.07, 6.45) is 1.87. The quantitative estimate of drug-likeness (QED) is 0.844. The molecule has 0 saturated carbocycles. The summed E-state index contributed by atoms with van der Waals surface area (Å²) in [6.45, 7) is 11.3. The van der Waals surface area contributed by atoms with E-state index in [1.165, 1.54) is 0 Å². The average Bonchev–Trinajstić information content (AvgIpc) is 2.22. The molecule has 1 rings (SSSR count). The van der Waals surface area contributed by atoms with Crippen LogP contribution in [0.25, 0.3) is 0 Å². The molecule has 0 radical (unpaired) electrons. The minimum Gasteiger partial charge on any atom is -0.311 e. The molecule has 1 aromatic rings. The van der Waals surface area contributed by atoms with E-state index >= 15 is 0 Å². The number of nitrogens with one attached hydrogen (secondary N) is 2. The van der Waals surface area contributed by atoms with Crippen LogP contribution in [0.5, 0.6) is 0 Å². The summed E-state index contributed by atoms with van der Waals surface area (Å²) in [5, 5.41) is 3.34. The first-order valence-corrected chi connectivity index (χ1v) is 6.60. The zero-order valence-electron chi connectivity index (χ0n) is 12.1. The van der Waals surface area contributed by atoms with Gasteiger partial charge in [0.1, 0.15) is 5.82 Å². The third-order valence-electron chi connectivity index (χ3n) is 2.60. The maximum Gasteiger partial charge on any atom is 0.251 e. The summed E-state index contributed by atoms with van der Waals surface area (Å²) in [5.74, 6) is 1.41. The van der Waals surface area contributed by atoms with Crippen LogP contribution in [0.1, 0.15) is 52.6 Å². The van der Waals surface area contributed by atoms with Crippen LogP contribution < -0.4 is 10.9 Å². The molecular weight excluding hydrogens is 226 g/mol. The summed E-state index contributed by atoms with van der Waals surface area (Å²) in [5.41, 5.74) is 0.782. The van der Waals surface area contributed by atoms with Gasteiger partial charge in [-0.2, -0.15) is 0 Å². The maximum atomic E-state index is 11.6. The van der Waals surface area contributed by atoms with Crippen LogP contribution in [0.2, 0.25) is 0 Å². The summed E-state index contributed by atoms with van der Waals surface area (Å²) in [7, 11) is 0. The van der Waals surface area contributed by atoms with E-state index in [0.717, 1.165) is 24.4 Å². The lowest BCUT2D eigenvalue weighted by Gasteiger charge is -2.20. The van der Waals surface area contributed by atoms with E-state index in [4.69, 9.17) is 0 Å². The summed E-state index contributed by atoms with van der Waals surface area (Å²) in [4.78, 5) is 18.9. The molecule has 0 bridgehead atoms. The highest BCUT2D eigenvalue weighted by Crippen LogP contribution is 2.05. The van der Waals surface area contributed by atoms with Gasteiger partial charge in [-0.1, -0.05) is 13.8 Å². The molecule has 0 aliphatic heterocycles. The highest BCUT2D eigenvalue weighted by Gasteiger charge is 2.10. The van der Waals surface area contributed by atoms with E-state index in [0.29, 0.717) is 12.5 Å². The van der Waals surface area contributed by atoms with Gasteiger partial charge in [-0.3, -0.25) is 4.79 Å². The molecule has 4 heteroatoms. The molecule has 0 saturated heterocycles. The van der Waals surface area contributed by atoms with Gasteiger partial charge in [0.2, 0.25) is 0 Å². The molecule has 102 valence electrons. The fourth-order valence-corrected chi connectivity index (χ4v) is 1.55. The number of aromatic nitrogens is 2. The maximum absolute atomic E-state index is 11.6. The Hall–Kier alpha value is -1.16. The Kier molecular flexibility index (Phi) is 5.08. The van der Waals surface area contributed by atoms with Crippen molar-refractivity contribution in [1.82, 2.24) is 15.3 Å². The predicted octanol–water partition coefficient (Wildman–Crippen LogP) is 2.25. The van der Waals surface area contributed by atoms with E-state index in [2.05, 4.69) is 49.9 Å². The molecule has 0 atom stereocenters. The van der Waals surface area contributed by atoms with Crippen molar-refractivity contribution in [2.24, 2.45) is 5.92 Å². The lowest BCUT2D eigenvalue weighted by atomic mass is 10.1. The van der Waals surface area contributed by atoms with Crippen LogP contribution in [0.4, 0.5) is 0 Å². The summed E-state index contributed by atoms with van der Waals surface area (Å²) < 4.78 is 0. The zero-order valence-corrected chi connectivity index (χ0v) is 12.1. The second-order valence-corrected chi connectivity index (χ2v) is 6.22. The highest BCUT2D eigenvalue weighted by molar-refractivity contribution is 5.03. The van der Waals surface area contributed by atoms with Crippen molar-refractivity contribution in [1.29, 1.82) is 0 Å². The van der Waals surface area contributed by atoms with Crippen LogP contribution in [0.15, 0.2) is 10.9 Å². The third-order valence-corrected chi connectivity index (χ3v) is 2.60. The fraction of sp³-hybridized carbons (Fsp3) is 0.714. The van der Waals surface area contributed by atoms with Gasteiger partial charge in [-0.25, -0.2) is 4.98 Å². The zero-order chi connectivity index (χ0) is 13.8. The van der Waals surface area contributed by atoms with Gasteiger partial charge < -0.3 is 10.3 Å². The number of aromatic amines is 1. The molecule has 1 aromatic heterocycles. The smallest absolute Gasteiger partial charge is 0.251 e. The SMILES string of the molecule is CC(C)CCc1nc(CNC(C)(C)C)cc(=O)[nH]1. The molecule has 2 N–H and O–H groups in total. The fourth-order valence-electron chi connectivity index (χ4n) is 1.55. The number of rotatable bonds is 5. The van der Waals surface area contributed by atoms with Gasteiger partial charge in [-0.05, 0) is 33.1 Å². The Balaban J connectivity index is 2.71. The largest absolute Gasteiger partial charge is 0.311 e. The first-order chi connectivity index (χ1) is 8.26. The molecule has 0 aliphatic carbocycles. The molecule has 0 spiro atoms. The number of H-pyrrole nitrogens is 1. The molecule has 18 heavy (non-hydrogen) atoms. The van der Waals surface area contributed by atoms with Crippen LogP contribution in [-0.2, 0) is 13.0 Å². The van der Waals surface area contributed by atoms with Crippen molar-refractivity contribution < 1.29 is 0 Å². The van der Waals surface area contributed by atoms with E-state index in [9.17, 15) is 4.79 Å². The summed E-state index contributed by atoms with van der Waals surface area (Å²) in [6, 6.07) is 1.57. The summed E-state index contributed by atoms with van der Waals surface area (Å²) >= 11 is 0. The standard InChI is InChI=1S/C14H25N3O/c1-10(2)6-7-12-16-11(8-13(18)17-12)9-15-14(3,4)5/h8,10,15H,6-7,9H2,1-5H3,(H,16,17,18). The number of aryl methyl sites for hydroxylation is 1. The second kappa shape index (κ2) is 6.14. The lowest BCUT2D eigenvalue weighted by molar-refractivity contribution is 0.420. The number of hydrogen-bond acceptors (Lipinski definition) is 3. The van der Waals surface area contributed by atoms with E-state index in [-0.39, 0.29) is 11.1 Å². The highest BCUT2D eigenvalue weighted by atomic mass is 16.1. The van der Waals surface area contributed by atoms with Crippen molar-refractivity contribution >= 4 is 0 Å². The Labute approximate surface area is 109 Å². The van der Waals surface area contributed by atoms with Gasteiger partial charge >= 0.3 is 0 Å². The Bertz CT molecular complexity index is 429. The Morgan fingerprint density at radius 1 is 1.39 bits per heavy atom. The van der Waals surface area contributed by atoms with Gasteiger partial charge in [0.25, 0.3) is 5.56 Å². The van der Waals surface area contributed by atoms with Crippen LogP contribution >= 0.6 is 0 Å². The first kappa shape index (κ1) is 14.9. The van der Waals surface area contributed by atoms with Crippen molar-refractivity contribution in [2.75, 3.05) is 0 Å². The number of hydrogen-bond donors (Lipinski definition) is 2. The van der Waals surface area contributed by atoms with Gasteiger partial charge in [0, 0.05) is 24.6 Å². The van der Waals surface area contributed by atoms with Gasteiger partial charge in [0.15, 0.2) is 0 Å².